The first-order valence-corrected chi connectivity index (χ1v) is 7.36. The first kappa shape index (κ1) is 16.9. The second-order valence-electron chi connectivity index (χ2n) is 5.54. The van der Waals surface area contributed by atoms with Gasteiger partial charge in [0.15, 0.2) is 0 Å². The third-order valence-corrected chi connectivity index (χ3v) is 3.95. The number of hydrogen-bond acceptors (Lipinski definition) is 2. The number of rotatable bonds is 4. The molecule has 0 aliphatic heterocycles. The van der Waals surface area contributed by atoms with E-state index >= 15 is 0 Å². The highest BCUT2D eigenvalue weighted by Crippen LogP contribution is 2.30. The molecule has 130 valence electrons. The Morgan fingerprint density at radius 3 is 2.36 bits per heavy atom. The highest BCUT2D eigenvalue weighted by atomic mass is 19.4. The highest BCUT2D eigenvalue weighted by Gasteiger charge is 2.30. The normalized spacial score (nSPS) is 11.7. The van der Waals surface area contributed by atoms with E-state index in [0.29, 0.717) is 22.2 Å². The number of aromatic carboxylic acids is 1. The van der Waals surface area contributed by atoms with Crippen molar-refractivity contribution in [3.05, 3.63) is 65.4 Å². The molecule has 3 rings (SSSR count). The van der Waals surface area contributed by atoms with Crippen molar-refractivity contribution in [2.45, 2.75) is 12.7 Å². The van der Waals surface area contributed by atoms with Gasteiger partial charge in [-0.05, 0) is 42.0 Å². The van der Waals surface area contributed by atoms with Gasteiger partial charge in [-0.2, -0.15) is 13.2 Å². The molecule has 0 amide bonds. The summed E-state index contributed by atoms with van der Waals surface area (Å²) in [4.78, 5) is 11.5. The Kier molecular flexibility index (Phi) is 4.16. The number of halogens is 3. The lowest BCUT2D eigenvalue weighted by Crippen LogP contribution is -2.10. The Bertz CT molecular complexity index is 927. The Balaban J connectivity index is 2.02. The van der Waals surface area contributed by atoms with Crippen LogP contribution in [0.15, 0.2) is 48.5 Å². The lowest BCUT2D eigenvalue weighted by Gasteiger charge is -2.11. The number of nitrogens with zero attached hydrogens (tertiary/aromatic N) is 1. The van der Waals surface area contributed by atoms with Gasteiger partial charge in [0.25, 0.3) is 0 Å². The molecule has 25 heavy (non-hydrogen) atoms. The molecule has 2 aromatic carbocycles. The molecule has 0 bridgehead atoms. The molecule has 3 aromatic rings. The smallest absolute Gasteiger partial charge is 0.416 e. The molecule has 1 aromatic heterocycles. The van der Waals surface area contributed by atoms with Crippen LogP contribution in [0.2, 0.25) is 0 Å². The van der Waals surface area contributed by atoms with E-state index in [1.54, 1.807) is 22.8 Å². The summed E-state index contributed by atoms with van der Waals surface area (Å²) in [6.45, 7) is 0.148. The molecule has 0 aliphatic rings. The molecule has 0 atom stereocenters. The number of hydrogen-bond donors (Lipinski definition) is 1. The van der Waals surface area contributed by atoms with E-state index in [1.165, 1.54) is 25.3 Å². The third kappa shape index (κ3) is 3.31. The minimum Gasteiger partial charge on any atom is -0.497 e. The largest absolute Gasteiger partial charge is 0.497 e. The Labute approximate surface area is 141 Å². The number of carbonyl (C=O) groups is 1. The zero-order valence-electron chi connectivity index (χ0n) is 13.2. The van der Waals surface area contributed by atoms with E-state index in [1.807, 2.05) is 0 Å². The van der Waals surface area contributed by atoms with E-state index in [2.05, 4.69) is 0 Å². The van der Waals surface area contributed by atoms with Gasteiger partial charge in [-0.1, -0.05) is 12.1 Å². The van der Waals surface area contributed by atoms with Crippen LogP contribution < -0.4 is 4.74 Å². The number of aromatic nitrogens is 1. The summed E-state index contributed by atoms with van der Waals surface area (Å²) in [7, 11) is 1.51. The van der Waals surface area contributed by atoms with Gasteiger partial charge in [0.05, 0.1) is 12.7 Å². The molecule has 0 fully saturated rings. The van der Waals surface area contributed by atoms with Gasteiger partial charge in [-0.25, -0.2) is 4.79 Å². The van der Waals surface area contributed by atoms with Crippen molar-refractivity contribution < 1.29 is 27.8 Å². The summed E-state index contributed by atoms with van der Waals surface area (Å²) in [5, 5.41) is 10.1. The van der Waals surface area contributed by atoms with Crippen molar-refractivity contribution in [2.24, 2.45) is 0 Å². The minimum atomic E-state index is -4.40. The molecule has 0 spiro atoms. The predicted molar refractivity (Wildman–Crippen MR) is 86.0 cm³/mol. The van der Waals surface area contributed by atoms with Gasteiger partial charge in [0, 0.05) is 17.4 Å². The van der Waals surface area contributed by atoms with Crippen LogP contribution in [0.25, 0.3) is 10.9 Å². The first-order chi connectivity index (χ1) is 11.8. The van der Waals surface area contributed by atoms with Gasteiger partial charge in [0.2, 0.25) is 0 Å². The molecule has 0 saturated heterocycles. The fourth-order valence-corrected chi connectivity index (χ4v) is 2.71. The third-order valence-electron chi connectivity index (χ3n) is 3.95. The van der Waals surface area contributed by atoms with Gasteiger partial charge >= 0.3 is 12.1 Å². The number of ether oxygens (including phenoxy) is 1. The molecule has 4 nitrogen and oxygen atoms in total. The van der Waals surface area contributed by atoms with Crippen molar-refractivity contribution in [1.29, 1.82) is 0 Å². The number of methoxy groups -OCH3 is 1. The summed E-state index contributed by atoms with van der Waals surface area (Å²) in [6, 6.07) is 11.3. The number of alkyl halides is 3. The minimum absolute atomic E-state index is 0.0585. The molecule has 1 N–H and O–H groups in total. The topological polar surface area (TPSA) is 51.5 Å². The average Bonchev–Trinajstić information content (AvgIpc) is 2.92. The fraction of sp³-hybridized carbons (Fsp3) is 0.167. The van der Waals surface area contributed by atoms with Crippen LogP contribution >= 0.6 is 0 Å². The maximum atomic E-state index is 12.7. The number of carboxylic acid groups (broad SMARTS) is 1. The molecule has 0 aliphatic carbocycles. The Morgan fingerprint density at radius 2 is 1.80 bits per heavy atom. The lowest BCUT2D eigenvalue weighted by atomic mass is 10.1. The summed E-state index contributed by atoms with van der Waals surface area (Å²) in [5.41, 5.74) is 0.557. The molecular formula is C18H14F3NO3. The van der Waals surface area contributed by atoms with Crippen LogP contribution in [0.1, 0.15) is 21.6 Å². The molecular weight excluding hydrogens is 335 g/mol. The first-order valence-electron chi connectivity index (χ1n) is 7.36. The summed E-state index contributed by atoms with van der Waals surface area (Å²) in [6.07, 6.45) is -4.40. The van der Waals surface area contributed by atoms with E-state index in [4.69, 9.17) is 4.74 Å². The van der Waals surface area contributed by atoms with Gasteiger partial charge in [-0.3, -0.25) is 0 Å². The van der Waals surface area contributed by atoms with Gasteiger partial charge < -0.3 is 14.4 Å². The summed E-state index contributed by atoms with van der Waals surface area (Å²) in [5.74, 6) is -0.516. The number of fused-ring (bicyclic) bond motifs is 1. The van der Waals surface area contributed by atoms with Crippen LogP contribution in [-0.4, -0.2) is 22.8 Å². The second-order valence-corrected chi connectivity index (χ2v) is 5.54. The zero-order valence-corrected chi connectivity index (χ0v) is 13.2. The van der Waals surface area contributed by atoms with Crippen molar-refractivity contribution in [3.8, 4) is 5.75 Å². The van der Waals surface area contributed by atoms with Crippen molar-refractivity contribution in [2.75, 3.05) is 7.11 Å². The maximum absolute atomic E-state index is 12.7. The Morgan fingerprint density at radius 1 is 1.12 bits per heavy atom. The predicted octanol–water partition coefficient (Wildman–Crippen LogP) is 4.42. The highest BCUT2D eigenvalue weighted by molar-refractivity contribution is 5.95. The number of carboxylic acids is 1. The average molecular weight is 349 g/mol. The van der Waals surface area contributed by atoms with E-state index < -0.39 is 17.7 Å². The SMILES string of the molecule is COc1ccc2c(c1)cc(C(=O)O)n2Cc1ccc(C(F)(F)F)cc1. The van der Waals surface area contributed by atoms with E-state index in [0.717, 1.165) is 12.1 Å². The van der Waals surface area contributed by atoms with Crippen LogP contribution in [0.3, 0.4) is 0 Å². The molecule has 1 heterocycles. The maximum Gasteiger partial charge on any atom is 0.416 e. The van der Waals surface area contributed by atoms with Crippen LogP contribution in [0, 0.1) is 0 Å². The number of benzene rings is 2. The molecule has 0 saturated carbocycles. The zero-order chi connectivity index (χ0) is 18.2. The van der Waals surface area contributed by atoms with Crippen molar-refractivity contribution >= 4 is 16.9 Å². The van der Waals surface area contributed by atoms with E-state index in [9.17, 15) is 23.1 Å². The van der Waals surface area contributed by atoms with E-state index in [-0.39, 0.29) is 12.2 Å². The van der Waals surface area contributed by atoms with Gasteiger partial charge in [-0.15, -0.1) is 0 Å². The van der Waals surface area contributed by atoms with Gasteiger partial charge in [0.1, 0.15) is 11.4 Å². The van der Waals surface area contributed by atoms with Crippen LogP contribution in [0.5, 0.6) is 5.75 Å². The van der Waals surface area contributed by atoms with Crippen LogP contribution in [0.4, 0.5) is 13.2 Å². The standard InChI is InChI=1S/C18H14F3NO3/c1-25-14-6-7-15-12(8-14)9-16(17(23)24)22(15)10-11-2-4-13(5-3-11)18(19,20)21/h2-9H,10H2,1H3,(H,23,24). The Hall–Kier alpha value is -2.96. The quantitative estimate of drug-likeness (QED) is 0.759. The van der Waals surface area contributed by atoms with Crippen molar-refractivity contribution in [1.82, 2.24) is 4.57 Å². The molecule has 0 radical (unpaired) electrons. The molecule has 7 heteroatoms. The summed E-state index contributed by atoms with van der Waals surface area (Å²) >= 11 is 0. The lowest BCUT2D eigenvalue weighted by molar-refractivity contribution is -0.137. The second kappa shape index (κ2) is 6.16. The van der Waals surface area contributed by atoms with Crippen LogP contribution in [-0.2, 0) is 12.7 Å². The fourth-order valence-electron chi connectivity index (χ4n) is 2.71. The van der Waals surface area contributed by atoms with Crippen molar-refractivity contribution in [3.63, 3.8) is 0 Å². The molecule has 0 unspecified atom stereocenters. The summed E-state index contributed by atoms with van der Waals surface area (Å²) < 4.78 is 44.6. The monoisotopic (exact) mass is 349 g/mol.